The van der Waals surface area contributed by atoms with Crippen molar-refractivity contribution in [2.24, 2.45) is 0 Å². The minimum absolute atomic E-state index is 0.00659. The Morgan fingerprint density at radius 1 is 1.11 bits per heavy atom. The van der Waals surface area contributed by atoms with E-state index in [0.29, 0.717) is 10.7 Å². The quantitative estimate of drug-likeness (QED) is 0.753. The van der Waals surface area contributed by atoms with Crippen LogP contribution >= 0.6 is 34.2 Å². The van der Waals surface area contributed by atoms with Gasteiger partial charge in [0.15, 0.2) is 0 Å². The first-order chi connectivity index (χ1) is 8.58. The molecule has 2 aromatic carbocycles. The largest absolute Gasteiger partial charge is 0.380 e. The number of anilines is 1. The van der Waals surface area contributed by atoms with Crippen LogP contribution in [-0.4, -0.2) is 0 Å². The average molecular weight is 380 g/mol. The maximum atomic E-state index is 13.4. The van der Waals surface area contributed by atoms with E-state index >= 15 is 0 Å². The van der Waals surface area contributed by atoms with Crippen LogP contribution in [0.3, 0.4) is 0 Å². The zero-order valence-electron chi connectivity index (χ0n) is 9.18. The van der Waals surface area contributed by atoms with Gasteiger partial charge in [-0.3, -0.25) is 0 Å². The van der Waals surface area contributed by atoms with Gasteiger partial charge in [0.05, 0.1) is 10.7 Å². The lowest BCUT2D eigenvalue weighted by atomic mass is 10.2. The van der Waals surface area contributed by atoms with E-state index in [4.69, 9.17) is 11.6 Å². The Morgan fingerprint density at radius 3 is 2.39 bits per heavy atom. The van der Waals surface area contributed by atoms with Gasteiger partial charge in [0.1, 0.15) is 11.6 Å². The molecule has 0 amide bonds. The molecule has 0 fully saturated rings. The summed E-state index contributed by atoms with van der Waals surface area (Å²) in [5.41, 5.74) is 0.659. The van der Waals surface area contributed by atoms with Crippen molar-refractivity contribution in [1.29, 1.82) is 0 Å². The van der Waals surface area contributed by atoms with E-state index in [2.05, 4.69) is 27.9 Å². The summed E-state index contributed by atoms with van der Waals surface area (Å²) in [6.07, 6.45) is 0. The van der Waals surface area contributed by atoms with Crippen molar-refractivity contribution >= 4 is 39.9 Å². The van der Waals surface area contributed by atoms with Gasteiger partial charge in [-0.2, -0.15) is 0 Å². The lowest BCUT2D eigenvalue weighted by Crippen LogP contribution is -2.04. The van der Waals surface area contributed by atoms with Gasteiger partial charge < -0.3 is 5.32 Å². The molecule has 1 nitrogen and oxygen atoms in total. The second kappa shape index (κ2) is 5.84. The Kier molecular flexibility index (Phi) is 4.40. The molecular formula is C13H9ClF2IN. The first-order valence-electron chi connectivity index (χ1n) is 5.20. The Bertz CT molecular complexity index is 555. The molecule has 0 bridgehead atoms. The van der Waals surface area contributed by atoms with Crippen molar-refractivity contribution in [2.75, 3.05) is 5.32 Å². The van der Waals surface area contributed by atoms with Crippen molar-refractivity contribution in [1.82, 2.24) is 0 Å². The zero-order chi connectivity index (χ0) is 13.1. The summed E-state index contributed by atoms with van der Waals surface area (Å²) in [4.78, 5) is 0. The molecule has 2 rings (SSSR count). The molecule has 0 heterocycles. The predicted octanol–water partition coefficient (Wildman–Crippen LogP) is 4.83. The standard InChI is InChI=1S/C13H9ClF2IN/c14-10-6-8(17)4-5-13(10)18-7-9-11(15)2-1-3-12(9)16/h1-6,18H,7H2. The molecule has 0 saturated carbocycles. The third-order valence-corrected chi connectivity index (χ3v) is 3.43. The van der Waals surface area contributed by atoms with Crippen LogP contribution in [0.15, 0.2) is 36.4 Å². The minimum atomic E-state index is -0.566. The summed E-state index contributed by atoms with van der Waals surface area (Å²) in [5.74, 6) is -1.13. The van der Waals surface area contributed by atoms with E-state index in [9.17, 15) is 8.78 Å². The van der Waals surface area contributed by atoms with Crippen LogP contribution in [0.1, 0.15) is 5.56 Å². The molecule has 5 heteroatoms. The van der Waals surface area contributed by atoms with Crippen LogP contribution in [0.25, 0.3) is 0 Å². The van der Waals surface area contributed by atoms with E-state index in [1.807, 2.05) is 6.07 Å². The fourth-order valence-corrected chi connectivity index (χ4v) is 2.44. The topological polar surface area (TPSA) is 12.0 Å². The predicted molar refractivity (Wildman–Crippen MR) is 77.9 cm³/mol. The van der Waals surface area contributed by atoms with Gasteiger partial charge in [-0.1, -0.05) is 17.7 Å². The second-order valence-corrected chi connectivity index (χ2v) is 5.33. The van der Waals surface area contributed by atoms with Gasteiger partial charge >= 0.3 is 0 Å². The Labute approximate surface area is 122 Å². The fourth-order valence-electron chi connectivity index (χ4n) is 1.52. The normalized spacial score (nSPS) is 10.4. The van der Waals surface area contributed by atoms with Gasteiger partial charge in [0, 0.05) is 15.7 Å². The van der Waals surface area contributed by atoms with E-state index in [1.165, 1.54) is 18.2 Å². The van der Waals surface area contributed by atoms with Crippen LogP contribution in [0.5, 0.6) is 0 Å². The Morgan fingerprint density at radius 2 is 1.78 bits per heavy atom. The van der Waals surface area contributed by atoms with Crippen LogP contribution in [0, 0.1) is 15.2 Å². The molecule has 0 aliphatic heterocycles. The molecule has 1 N–H and O–H groups in total. The summed E-state index contributed by atoms with van der Waals surface area (Å²) in [6.45, 7) is 0.0544. The molecule has 0 aliphatic rings. The molecule has 2 aromatic rings. The molecule has 0 spiro atoms. The van der Waals surface area contributed by atoms with Gasteiger partial charge in [-0.05, 0) is 52.9 Å². The van der Waals surface area contributed by atoms with Crippen LogP contribution in [-0.2, 0) is 6.54 Å². The maximum absolute atomic E-state index is 13.4. The summed E-state index contributed by atoms with van der Waals surface area (Å²) >= 11 is 8.16. The smallest absolute Gasteiger partial charge is 0.131 e. The summed E-state index contributed by atoms with van der Waals surface area (Å²) < 4.78 is 27.8. The lowest BCUT2D eigenvalue weighted by Gasteiger charge is -2.10. The highest BCUT2D eigenvalue weighted by Crippen LogP contribution is 2.25. The van der Waals surface area contributed by atoms with Gasteiger partial charge in [-0.25, -0.2) is 8.78 Å². The van der Waals surface area contributed by atoms with Gasteiger partial charge in [-0.15, -0.1) is 0 Å². The molecule has 0 saturated heterocycles. The fraction of sp³-hybridized carbons (Fsp3) is 0.0769. The third kappa shape index (κ3) is 3.11. The highest BCUT2D eigenvalue weighted by atomic mass is 127. The van der Waals surface area contributed by atoms with Crippen molar-refractivity contribution in [3.63, 3.8) is 0 Å². The van der Waals surface area contributed by atoms with Gasteiger partial charge in [0.25, 0.3) is 0 Å². The van der Waals surface area contributed by atoms with Crippen molar-refractivity contribution in [3.05, 3.63) is 62.2 Å². The van der Waals surface area contributed by atoms with E-state index in [1.54, 1.807) is 12.1 Å². The SMILES string of the molecule is Fc1cccc(F)c1CNc1ccc(I)cc1Cl. The third-order valence-electron chi connectivity index (χ3n) is 2.45. The Balaban J connectivity index is 2.16. The number of halogens is 4. The molecular weight excluding hydrogens is 371 g/mol. The number of hydrogen-bond acceptors (Lipinski definition) is 1. The molecule has 0 radical (unpaired) electrons. The molecule has 18 heavy (non-hydrogen) atoms. The minimum Gasteiger partial charge on any atom is -0.380 e. The summed E-state index contributed by atoms with van der Waals surface area (Å²) in [5, 5.41) is 3.45. The van der Waals surface area contributed by atoms with E-state index in [0.717, 1.165) is 3.57 Å². The highest BCUT2D eigenvalue weighted by Gasteiger charge is 2.08. The molecule has 94 valence electrons. The Hall–Kier alpha value is -0.880. The molecule has 0 aliphatic carbocycles. The first-order valence-corrected chi connectivity index (χ1v) is 6.65. The molecule has 0 atom stereocenters. The van der Waals surface area contributed by atoms with Crippen LogP contribution in [0.4, 0.5) is 14.5 Å². The van der Waals surface area contributed by atoms with Gasteiger partial charge in [0.2, 0.25) is 0 Å². The molecule has 0 unspecified atom stereocenters. The lowest BCUT2D eigenvalue weighted by molar-refractivity contribution is 0.560. The van der Waals surface area contributed by atoms with Crippen molar-refractivity contribution in [3.8, 4) is 0 Å². The number of rotatable bonds is 3. The van der Waals surface area contributed by atoms with Crippen LogP contribution in [0.2, 0.25) is 5.02 Å². The highest BCUT2D eigenvalue weighted by molar-refractivity contribution is 14.1. The maximum Gasteiger partial charge on any atom is 0.131 e. The number of nitrogens with one attached hydrogen (secondary N) is 1. The summed E-state index contributed by atoms with van der Waals surface area (Å²) in [6, 6.07) is 9.23. The first kappa shape index (κ1) is 13.5. The van der Waals surface area contributed by atoms with Crippen LogP contribution < -0.4 is 5.32 Å². The van der Waals surface area contributed by atoms with Crippen molar-refractivity contribution in [2.45, 2.75) is 6.54 Å². The average Bonchev–Trinajstić information content (AvgIpc) is 2.31. The van der Waals surface area contributed by atoms with E-state index in [-0.39, 0.29) is 12.1 Å². The second-order valence-electron chi connectivity index (χ2n) is 3.68. The zero-order valence-corrected chi connectivity index (χ0v) is 12.1. The number of hydrogen-bond donors (Lipinski definition) is 1. The monoisotopic (exact) mass is 379 g/mol. The molecule has 0 aromatic heterocycles. The van der Waals surface area contributed by atoms with Crippen molar-refractivity contribution < 1.29 is 8.78 Å². The van der Waals surface area contributed by atoms with E-state index < -0.39 is 11.6 Å². The summed E-state index contributed by atoms with van der Waals surface area (Å²) in [7, 11) is 0. The number of benzene rings is 2.